The molecule has 2 fully saturated rings. The van der Waals surface area contributed by atoms with Crippen LogP contribution in [0.4, 0.5) is 0 Å². The highest BCUT2D eigenvalue weighted by molar-refractivity contribution is 5.90. The highest BCUT2D eigenvalue weighted by atomic mass is 16.5. The van der Waals surface area contributed by atoms with E-state index in [0.29, 0.717) is 13.2 Å². The van der Waals surface area contributed by atoms with Crippen LogP contribution < -0.4 is 5.32 Å². The Morgan fingerprint density at radius 1 is 1.32 bits per heavy atom. The van der Waals surface area contributed by atoms with Crippen LogP contribution in [0.25, 0.3) is 0 Å². The molecule has 0 radical (unpaired) electrons. The van der Waals surface area contributed by atoms with E-state index in [4.69, 9.17) is 4.74 Å². The van der Waals surface area contributed by atoms with Gasteiger partial charge in [-0.1, -0.05) is 37.1 Å². The van der Waals surface area contributed by atoms with Gasteiger partial charge < -0.3 is 10.1 Å². The zero-order valence-electron chi connectivity index (χ0n) is 12.6. The lowest BCUT2D eigenvalue weighted by molar-refractivity contribution is -0.127. The van der Waals surface area contributed by atoms with Gasteiger partial charge in [0, 0.05) is 5.41 Å². The first-order valence-electron chi connectivity index (χ1n) is 8.09. The lowest BCUT2D eigenvalue weighted by atomic mass is 9.90. The molecule has 1 amide bonds. The maximum atomic E-state index is 12.8. The monoisotopic (exact) mass is 296 g/mol. The molecule has 1 aromatic rings. The normalized spacial score (nSPS) is 31.3. The van der Waals surface area contributed by atoms with Crippen LogP contribution in [-0.4, -0.2) is 12.5 Å². The fourth-order valence-corrected chi connectivity index (χ4v) is 4.43. The second-order valence-electron chi connectivity index (χ2n) is 6.92. The summed E-state index contributed by atoms with van der Waals surface area (Å²) in [5.41, 5.74) is 1.41. The summed E-state index contributed by atoms with van der Waals surface area (Å²) in [6.45, 7) is 1.08. The van der Waals surface area contributed by atoms with Gasteiger partial charge in [-0.05, 0) is 30.4 Å². The van der Waals surface area contributed by atoms with Gasteiger partial charge in [0.2, 0.25) is 5.91 Å². The number of nitrogens with zero attached hydrogens (tertiary/aromatic N) is 1. The maximum absolute atomic E-state index is 12.8. The molecule has 4 rings (SSSR count). The quantitative estimate of drug-likeness (QED) is 0.912. The Kier molecular flexibility index (Phi) is 3.02. The number of nitriles is 1. The van der Waals surface area contributed by atoms with E-state index in [0.717, 1.165) is 43.2 Å². The minimum Gasteiger partial charge on any atom is -0.374 e. The van der Waals surface area contributed by atoms with Crippen molar-refractivity contribution in [3.63, 3.8) is 0 Å². The predicted octanol–water partition coefficient (Wildman–Crippen LogP) is 2.85. The van der Waals surface area contributed by atoms with E-state index < -0.39 is 5.41 Å². The number of carbonyl (C=O) groups is 1. The Hall–Kier alpha value is -1.86. The van der Waals surface area contributed by atoms with Crippen LogP contribution in [0.2, 0.25) is 0 Å². The van der Waals surface area contributed by atoms with Crippen molar-refractivity contribution < 1.29 is 9.53 Å². The Morgan fingerprint density at radius 2 is 2.09 bits per heavy atom. The van der Waals surface area contributed by atoms with Gasteiger partial charge in [-0.25, -0.2) is 0 Å². The van der Waals surface area contributed by atoms with Gasteiger partial charge in [-0.15, -0.1) is 0 Å². The first kappa shape index (κ1) is 13.8. The average molecular weight is 296 g/mol. The fraction of sp³-hybridized carbons (Fsp3) is 0.556. The molecule has 1 spiro atoms. The number of hydrogen-bond donors (Lipinski definition) is 1. The lowest BCUT2D eigenvalue weighted by Crippen LogP contribution is -2.40. The van der Waals surface area contributed by atoms with E-state index in [1.807, 2.05) is 24.3 Å². The zero-order chi connectivity index (χ0) is 15.2. The molecule has 2 aliphatic carbocycles. The topological polar surface area (TPSA) is 62.1 Å². The predicted molar refractivity (Wildman–Crippen MR) is 80.5 cm³/mol. The number of amides is 1. The third kappa shape index (κ3) is 1.82. The molecule has 1 N–H and O–H groups in total. The van der Waals surface area contributed by atoms with Crippen molar-refractivity contribution in [2.45, 2.75) is 44.8 Å². The molecule has 2 saturated carbocycles. The molecule has 4 heteroatoms. The SMILES string of the molecule is N#C[C@]1(C(=O)N[C@@H]2COCc3ccccc32)CC12CCCC2. The van der Waals surface area contributed by atoms with Crippen LogP contribution >= 0.6 is 0 Å². The summed E-state index contributed by atoms with van der Waals surface area (Å²) >= 11 is 0. The van der Waals surface area contributed by atoms with Crippen LogP contribution in [-0.2, 0) is 16.1 Å². The highest BCUT2D eigenvalue weighted by Gasteiger charge is 2.72. The fourth-order valence-electron chi connectivity index (χ4n) is 4.43. The second kappa shape index (κ2) is 4.82. The molecule has 0 aromatic heterocycles. The van der Waals surface area contributed by atoms with E-state index in [-0.39, 0.29) is 17.4 Å². The first-order chi connectivity index (χ1) is 10.7. The summed E-state index contributed by atoms with van der Waals surface area (Å²) in [6.07, 6.45) is 5.06. The molecule has 4 nitrogen and oxygen atoms in total. The minimum atomic E-state index is -0.796. The smallest absolute Gasteiger partial charge is 0.241 e. The molecular weight excluding hydrogens is 276 g/mol. The molecular formula is C18H20N2O2. The Bertz CT molecular complexity index is 657. The van der Waals surface area contributed by atoms with Crippen LogP contribution in [0.3, 0.4) is 0 Å². The molecule has 0 bridgehead atoms. The molecule has 0 saturated heterocycles. The highest BCUT2D eigenvalue weighted by Crippen LogP contribution is 2.71. The van der Waals surface area contributed by atoms with Gasteiger partial charge in [0.25, 0.3) is 0 Å². The van der Waals surface area contributed by atoms with Crippen molar-refractivity contribution in [2.24, 2.45) is 10.8 Å². The summed E-state index contributed by atoms with van der Waals surface area (Å²) in [5.74, 6) is -0.0952. The number of nitrogens with one attached hydrogen (secondary N) is 1. The summed E-state index contributed by atoms with van der Waals surface area (Å²) < 4.78 is 5.60. The standard InChI is InChI=1S/C18H20N2O2/c19-12-18(11-17(18)7-3-4-8-17)16(21)20-15-10-22-9-13-5-1-2-6-14(13)15/h1-2,5-6,15H,3-4,7-11H2,(H,20,21)/t15-,18+/m1/s1. The minimum absolute atomic E-state index is 0.0408. The van der Waals surface area contributed by atoms with E-state index in [1.165, 1.54) is 0 Å². The van der Waals surface area contributed by atoms with Crippen molar-refractivity contribution in [3.8, 4) is 6.07 Å². The van der Waals surface area contributed by atoms with Gasteiger partial charge in [-0.2, -0.15) is 5.26 Å². The molecule has 114 valence electrons. The van der Waals surface area contributed by atoms with Gasteiger partial charge >= 0.3 is 0 Å². The number of hydrogen-bond acceptors (Lipinski definition) is 3. The Labute approximate surface area is 130 Å². The summed E-state index contributed by atoms with van der Waals surface area (Å²) in [4.78, 5) is 12.8. The van der Waals surface area contributed by atoms with E-state index in [1.54, 1.807) is 0 Å². The Balaban J connectivity index is 1.55. The van der Waals surface area contributed by atoms with E-state index in [2.05, 4.69) is 11.4 Å². The summed E-state index contributed by atoms with van der Waals surface area (Å²) in [5, 5.41) is 12.7. The molecule has 1 aromatic carbocycles. The average Bonchev–Trinajstić information content (AvgIpc) is 2.94. The van der Waals surface area contributed by atoms with Crippen molar-refractivity contribution in [1.29, 1.82) is 5.26 Å². The molecule has 2 atom stereocenters. The van der Waals surface area contributed by atoms with Gasteiger partial charge in [0.15, 0.2) is 0 Å². The Morgan fingerprint density at radius 3 is 2.86 bits per heavy atom. The lowest BCUT2D eigenvalue weighted by Gasteiger charge is -2.28. The van der Waals surface area contributed by atoms with Crippen LogP contribution in [0.5, 0.6) is 0 Å². The third-order valence-electron chi connectivity index (χ3n) is 5.80. The van der Waals surface area contributed by atoms with Gasteiger partial charge in [0.1, 0.15) is 5.41 Å². The molecule has 22 heavy (non-hydrogen) atoms. The number of ether oxygens (including phenoxy) is 1. The molecule has 3 aliphatic rings. The number of carbonyl (C=O) groups excluding carboxylic acids is 1. The molecule has 1 heterocycles. The first-order valence-corrected chi connectivity index (χ1v) is 8.09. The number of benzene rings is 1. The summed E-state index contributed by atoms with van der Waals surface area (Å²) in [6, 6.07) is 10.2. The molecule has 0 unspecified atom stereocenters. The van der Waals surface area contributed by atoms with E-state index >= 15 is 0 Å². The van der Waals surface area contributed by atoms with Crippen molar-refractivity contribution in [3.05, 3.63) is 35.4 Å². The van der Waals surface area contributed by atoms with Crippen molar-refractivity contribution >= 4 is 5.91 Å². The van der Waals surface area contributed by atoms with Crippen LogP contribution in [0, 0.1) is 22.2 Å². The zero-order valence-corrected chi connectivity index (χ0v) is 12.6. The van der Waals surface area contributed by atoms with Crippen LogP contribution in [0.15, 0.2) is 24.3 Å². The second-order valence-corrected chi connectivity index (χ2v) is 6.92. The van der Waals surface area contributed by atoms with E-state index in [9.17, 15) is 10.1 Å². The van der Waals surface area contributed by atoms with Gasteiger partial charge in [-0.3, -0.25) is 4.79 Å². The van der Waals surface area contributed by atoms with Gasteiger partial charge in [0.05, 0.1) is 25.3 Å². The largest absolute Gasteiger partial charge is 0.374 e. The maximum Gasteiger partial charge on any atom is 0.241 e. The van der Waals surface area contributed by atoms with Crippen molar-refractivity contribution in [2.75, 3.05) is 6.61 Å². The molecule has 1 aliphatic heterocycles. The summed E-state index contributed by atoms with van der Waals surface area (Å²) in [7, 11) is 0. The van der Waals surface area contributed by atoms with Crippen molar-refractivity contribution in [1.82, 2.24) is 5.32 Å². The number of fused-ring (bicyclic) bond motifs is 1. The number of rotatable bonds is 2. The van der Waals surface area contributed by atoms with Crippen LogP contribution in [0.1, 0.15) is 49.3 Å². The third-order valence-corrected chi connectivity index (χ3v) is 5.80.